The zero-order valence-corrected chi connectivity index (χ0v) is 16.5. The summed E-state index contributed by atoms with van der Waals surface area (Å²) < 4.78 is 0. The van der Waals surface area contributed by atoms with Crippen molar-refractivity contribution in [2.45, 2.75) is 96.8 Å². The molecule has 0 heterocycles. The Kier molecular flexibility index (Phi) is 10.0. The van der Waals surface area contributed by atoms with Crippen LogP contribution in [0.2, 0.25) is 0 Å². The molecule has 0 aromatic carbocycles. The number of hydrogen-bond acceptors (Lipinski definition) is 1. The van der Waals surface area contributed by atoms with E-state index in [4.69, 9.17) is 5.26 Å². The molecule has 0 unspecified atom stereocenters. The van der Waals surface area contributed by atoms with Crippen molar-refractivity contribution in [3.63, 3.8) is 0 Å². The number of allylic oxidation sites excluding steroid dienone is 4. The third-order valence-electron chi connectivity index (χ3n) is 6.72. The lowest BCUT2D eigenvalue weighted by Gasteiger charge is -2.31. The summed E-state index contributed by atoms with van der Waals surface area (Å²) in [7, 11) is 0. The van der Waals surface area contributed by atoms with Crippen molar-refractivity contribution in [2.75, 3.05) is 0 Å². The van der Waals surface area contributed by atoms with E-state index < -0.39 is 0 Å². The number of nitrogens with zero attached hydrogens (tertiary/aromatic N) is 1. The smallest absolute Gasteiger partial charge is 0.0912 e. The summed E-state index contributed by atoms with van der Waals surface area (Å²) in [6.45, 7) is 2.31. The standard InChI is InChI=1S/C24H39N/c1-2-3-5-8-21-10-14-23(15-11-21)18-19-24-16-12-22(13-17-24)9-6-4-7-20-25/h4,6-7,9,21-24H,2-3,5,8,10-19H2,1H3. The average Bonchev–Trinajstić information content (AvgIpc) is 2.66. The summed E-state index contributed by atoms with van der Waals surface area (Å²) in [6.07, 6.45) is 28.2. The highest BCUT2D eigenvalue weighted by atomic mass is 14.3. The van der Waals surface area contributed by atoms with Crippen LogP contribution in [-0.2, 0) is 0 Å². The van der Waals surface area contributed by atoms with Gasteiger partial charge in [-0.15, -0.1) is 0 Å². The molecule has 0 atom stereocenters. The van der Waals surface area contributed by atoms with E-state index in [0.717, 1.165) is 23.7 Å². The summed E-state index contributed by atoms with van der Waals surface area (Å²) in [5.41, 5.74) is 0. The first kappa shape index (κ1) is 20.3. The molecule has 0 aromatic heterocycles. The lowest BCUT2D eigenvalue weighted by atomic mass is 9.75. The molecule has 0 bridgehead atoms. The molecule has 0 amide bonds. The predicted octanol–water partition coefficient (Wildman–Crippen LogP) is 7.60. The first-order valence-corrected chi connectivity index (χ1v) is 11.0. The molecular formula is C24H39N. The summed E-state index contributed by atoms with van der Waals surface area (Å²) in [6, 6.07) is 2.04. The Morgan fingerprint density at radius 1 is 0.760 bits per heavy atom. The molecule has 2 fully saturated rings. The molecule has 0 radical (unpaired) electrons. The Bertz CT molecular complexity index is 426. The van der Waals surface area contributed by atoms with Gasteiger partial charge in [0.2, 0.25) is 0 Å². The van der Waals surface area contributed by atoms with Crippen LogP contribution in [0.25, 0.3) is 0 Å². The third kappa shape index (κ3) is 8.26. The monoisotopic (exact) mass is 341 g/mol. The first-order valence-electron chi connectivity index (χ1n) is 11.0. The Morgan fingerprint density at radius 2 is 1.32 bits per heavy atom. The minimum absolute atomic E-state index is 0.748. The molecular weight excluding hydrogens is 302 g/mol. The van der Waals surface area contributed by atoms with E-state index in [-0.39, 0.29) is 0 Å². The van der Waals surface area contributed by atoms with Crippen LogP contribution in [0.15, 0.2) is 24.3 Å². The molecule has 2 rings (SSSR count). The van der Waals surface area contributed by atoms with Crippen LogP contribution in [-0.4, -0.2) is 0 Å². The molecule has 2 aliphatic rings. The van der Waals surface area contributed by atoms with Gasteiger partial charge in [-0.1, -0.05) is 89.4 Å². The zero-order valence-electron chi connectivity index (χ0n) is 16.5. The second-order valence-electron chi connectivity index (χ2n) is 8.61. The number of rotatable bonds is 9. The van der Waals surface area contributed by atoms with E-state index in [1.165, 1.54) is 89.9 Å². The molecule has 2 saturated carbocycles. The van der Waals surface area contributed by atoms with E-state index in [1.54, 1.807) is 6.08 Å². The maximum absolute atomic E-state index is 8.50. The SMILES string of the molecule is CCCCCC1CCC(CCC2CCC(C=CC=CC#N)CC2)CC1. The first-order chi connectivity index (χ1) is 12.3. The van der Waals surface area contributed by atoms with Gasteiger partial charge in [0.25, 0.3) is 0 Å². The summed E-state index contributed by atoms with van der Waals surface area (Å²) >= 11 is 0. The Morgan fingerprint density at radius 3 is 1.88 bits per heavy atom. The van der Waals surface area contributed by atoms with E-state index >= 15 is 0 Å². The molecule has 140 valence electrons. The summed E-state index contributed by atoms with van der Waals surface area (Å²) in [5, 5.41) is 8.50. The van der Waals surface area contributed by atoms with Crippen LogP contribution < -0.4 is 0 Å². The zero-order chi connectivity index (χ0) is 17.7. The molecule has 0 aliphatic heterocycles. The van der Waals surface area contributed by atoms with E-state index in [0.29, 0.717) is 0 Å². The highest BCUT2D eigenvalue weighted by Gasteiger charge is 2.23. The molecule has 1 heteroatoms. The number of unbranched alkanes of at least 4 members (excludes halogenated alkanes) is 2. The van der Waals surface area contributed by atoms with Gasteiger partial charge in [0, 0.05) is 6.08 Å². The normalized spacial score (nSPS) is 30.7. The third-order valence-corrected chi connectivity index (χ3v) is 6.72. The van der Waals surface area contributed by atoms with Crippen molar-refractivity contribution in [3.05, 3.63) is 24.3 Å². The maximum atomic E-state index is 8.50. The highest BCUT2D eigenvalue weighted by Crippen LogP contribution is 2.38. The van der Waals surface area contributed by atoms with Crippen LogP contribution in [0.5, 0.6) is 0 Å². The predicted molar refractivity (Wildman–Crippen MR) is 108 cm³/mol. The second-order valence-corrected chi connectivity index (χ2v) is 8.61. The van der Waals surface area contributed by atoms with Crippen LogP contribution in [0.3, 0.4) is 0 Å². The topological polar surface area (TPSA) is 23.8 Å². The van der Waals surface area contributed by atoms with Crippen molar-refractivity contribution in [2.24, 2.45) is 23.7 Å². The molecule has 0 spiro atoms. The average molecular weight is 342 g/mol. The minimum Gasteiger partial charge on any atom is -0.193 e. The van der Waals surface area contributed by atoms with Gasteiger partial charge in [-0.25, -0.2) is 0 Å². The largest absolute Gasteiger partial charge is 0.193 e. The quantitative estimate of drug-likeness (QED) is 0.241. The minimum atomic E-state index is 0.748. The Hall–Kier alpha value is -1.03. The van der Waals surface area contributed by atoms with Gasteiger partial charge in [-0.3, -0.25) is 0 Å². The molecule has 0 N–H and O–H groups in total. The van der Waals surface area contributed by atoms with Crippen LogP contribution in [0.4, 0.5) is 0 Å². The van der Waals surface area contributed by atoms with E-state index in [1.807, 2.05) is 12.1 Å². The van der Waals surface area contributed by atoms with Crippen molar-refractivity contribution in [1.29, 1.82) is 5.26 Å². The van der Waals surface area contributed by atoms with Crippen LogP contribution in [0.1, 0.15) is 96.8 Å². The molecule has 0 aromatic rings. The van der Waals surface area contributed by atoms with Gasteiger partial charge < -0.3 is 0 Å². The van der Waals surface area contributed by atoms with Gasteiger partial charge in [-0.2, -0.15) is 5.26 Å². The maximum Gasteiger partial charge on any atom is 0.0912 e. The van der Waals surface area contributed by atoms with Gasteiger partial charge in [0.05, 0.1) is 6.07 Å². The van der Waals surface area contributed by atoms with E-state index in [2.05, 4.69) is 19.1 Å². The lowest BCUT2D eigenvalue weighted by Crippen LogP contribution is -2.17. The molecule has 0 saturated heterocycles. The number of hydrogen-bond donors (Lipinski definition) is 0. The van der Waals surface area contributed by atoms with Gasteiger partial charge in [-0.05, 0) is 49.4 Å². The fourth-order valence-electron chi connectivity index (χ4n) is 4.95. The molecule has 2 aliphatic carbocycles. The van der Waals surface area contributed by atoms with Crippen molar-refractivity contribution >= 4 is 0 Å². The number of nitriles is 1. The van der Waals surface area contributed by atoms with Gasteiger partial charge >= 0.3 is 0 Å². The summed E-state index contributed by atoms with van der Waals surface area (Å²) in [5.74, 6) is 3.83. The Balaban J connectivity index is 1.54. The van der Waals surface area contributed by atoms with Crippen LogP contribution in [0, 0.1) is 35.0 Å². The van der Waals surface area contributed by atoms with Gasteiger partial charge in [0.15, 0.2) is 0 Å². The van der Waals surface area contributed by atoms with Crippen molar-refractivity contribution < 1.29 is 0 Å². The van der Waals surface area contributed by atoms with Crippen molar-refractivity contribution in [1.82, 2.24) is 0 Å². The highest BCUT2D eigenvalue weighted by molar-refractivity contribution is 5.12. The molecule has 25 heavy (non-hydrogen) atoms. The Labute approximate surface area is 156 Å². The fourth-order valence-corrected chi connectivity index (χ4v) is 4.95. The fraction of sp³-hybridized carbons (Fsp3) is 0.792. The lowest BCUT2D eigenvalue weighted by molar-refractivity contribution is 0.219. The van der Waals surface area contributed by atoms with Crippen molar-refractivity contribution in [3.8, 4) is 6.07 Å². The van der Waals surface area contributed by atoms with Gasteiger partial charge in [0.1, 0.15) is 0 Å². The molecule has 1 nitrogen and oxygen atoms in total. The van der Waals surface area contributed by atoms with E-state index in [9.17, 15) is 0 Å². The second kappa shape index (κ2) is 12.3. The van der Waals surface area contributed by atoms with Crippen LogP contribution >= 0.6 is 0 Å². The summed E-state index contributed by atoms with van der Waals surface area (Å²) in [4.78, 5) is 0.